The molecule has 0 saturated heterocycles. The second-order valence-corrected chi connectivity index (χ2v) is 4.74. The molecule has 0 saturated carbocycles. The van der Waals surface area contributed by atoms with Crippen molar-refractivity contribution >= 4 is 17.5 Å². The minimum Gasteiger partial charge on any atom is -0.494 e. The lowest BCUT2D eigenvalue weighted by Gasteiger charge is -2.08. The molecule has 0 aliphatic carbocycles. The number of urea groups is 1. The molecule has 0 aliphatic rings. The van der Waals surface area contributed by atoms with E-state index in [0.717, 1.165) is 24.3 Å². The van der Waals surface area contributed by atoms with Gasteiger partial charge in [-0.1, -0.05) is 13.3 Å². The largest absolute Gasteiger partial charge is 0.494 e. The molecular weight excluding hydrogens is 268 g/mol. The average Bonchev–Trinajstić information content (AvgIpc) is 2.86. The summed E-state index contributed by atoms with van der Waals surface area (Å²) in [5.74, 6) is 1.29. The summed E-state index contributed by atoms with van der Waals surface area (Å²) < 4.78 is 5.56. The minimum atomic E-state index is -0.332. The Morgan fingerprint density at radius 2 is 2.05 bits per heavy atom. The molecule has 0 spiro atoms. The summed E-state index contributed by atoms with van der Waals surface area (Å²) >= 11 is 0. The van der Waals surface area contributed by atoms with E-state index in [1.165, 1.54) is 0 Å². The number of aryl methyl sites for hydroxylation is 1. The number of nitrogens with zero attached hydrogens (tertiary/aromatic N) is 1. The van der Waals surface area contributed by atoms with Crippen molar-refractivity contribution in [2.24, 2.45) is 0 Å². The van der Waals surface area contributed by atoms with Crippen LogP contribution in [0.25, 0.3) is 0 Å². The topological polar surface area (TPSA) is 79.0 Å². The predicted molar refractivity (Wildman–Crippen MR) is 82.8 cm³/mol. The van der Waals surface area contributed by atoms with Gasteiger partial charge in [0, 0.05) is 17.4 Å². The van der Waals surface area contributed by atoms with Crippen LogP contribution in [0.5, 0.6) is 5.75 Å². The van der Waals surface area contributed by atoms with Crippen molar-refractivity contribution in [1.29, 1.82) is 0 Å². The van der Waals surface area contributed by atoms with Gasteiger partial charge in [0.2, 0.25) is 0 Å². The molecule has 112 valence electrons. The number of nitrogens with one attached hydrogen (secondary N) is 3. The van der Waals surface area contributed by atoms with Gasteiger partial charge >= 0.3 is 6.03 Å². The van der Waals surface area contributed by atoms with Gasteiger partial charge in [-0.15, -0.1) is 0 Å². The summed E-state index contributed by atoms with van der Waals surface area (Å²) in [6.07, 6.45) is 2.14. The van der Waals surface area contributed by atoms with Gasteiger partial charge in [-0.2, -0.15) is 5.10 Å². The molecule has 1 aromatic heterocycles. The monoisotopic (exact) mass is 288 g/mol. The molecule has 6 nitrogen and oxygen atoms in total. The zero-order valence-electron chi connectivity index (χ0n) is 12.3. The molecule has 21 heavy (non-hydrogen) atoms. The molecule has 3 N–H and O–H groups in total. The van der Waals surface area contributed by atoms with Crippen LogP contribution in [0.2, 0.25) is 0 Å². The van der Waals surface area contributed by atoms with Gasteiger partial charge < -0.3 is 10.1 Å². The number of carbonyl (C=O) groups excluding carboxylic acids is 1. The molecule has 0 radical (unpaired) electrons. The Morgan fingerprint density at radius 1 is 1.29 bits per heavy atom. The van der Waals surface area contributed by atoms with Crippen LogP contribution in [-0.2, 0) is 0 Å². The van der Waals surface area contributed by atoms with E-state index in [9.17, 15) is 4.79 Å². The maximum absolute atomic E-state index is 11.8. The first kappa shape index (κ1) is 14.9. The molecule has 2 rings (SSSR count). The Hall–Kier alpha value is -2.50. The third-order valence-corrected chi connectivity index (χ3v) is 2.83. The molecule has 0 bridgehead atoms. The zero-order chi connectivity index (χ0) is 15.1. The summed E-state index contributed by atoms with van der Waals surface area (Å²) in [6, 6.07) is 8.70. The molecule has 0 atom stereocenters. The lowest BCUT2D eigenvalue weighted by Crippen LogP contribution is -2.19. The van der Waals surface area contributed by atoms with Crippen molar-refractivity contribution in [2.45, 2.75) is 26.7 Å². The number of H-pyrrole nitrogens is 1. The van der Waals surface area contributed by atoms with Crippen LogP contribution in [0.15, 0.2) is 30.3 Å². The number of aromatic amines is 1. The van der Waals surface area contributed by atoms with Gasteiger partial charge in [-0.05, 0) is 37.6 Å². The van der Waals surface area contributed by atoms with Crippen LogP contribution < -0.4 is 15.4 Å². The average molecular weight is 288 g/mol. The molecule has 1 aromatic carbocycles. The van der Waals surface area contributed by atoms with Crippen LogP contribution in [0, 0.1) is 6.92 Å². The van der Waals surface area contributed by atoms with Gasteiger partial charge in [0.05, 0.1) is 6.61 Å². The maximum Gasteiger partial charge on any atom is 0.324 e. The molecule has 1 heterocycles. The van der Waals surface area contributed by atoms with Crippen molar-refractivity contribution in [3.63, 3.8) is 0 Å². The normalized spacial score (nSPS) is 10.2. The number of hydrogen-bond acceptors (Lipinski definition) is 3. The summed E-state index contributed by atoms with van der Waals surface area (Å²) in [5.41, 5.74) is 1.58. The predicted octanol–water partition coefficient (Wildman–Crippen LogP) is 3.54. The van der Waals surface area contributed by atoms with E-state index in [2.05, 4.69) is 27.8 Å². The third-order valence-electron chi connectivity index (χ3n) is 2.83. The smallest absolute Gasteiger partial charge is 0.324 e. The van der Waals surface area contributed by atoms with Crippen molar-refractivity contribution in [3.05, 3.63) is 36.0 Å². The van der Waals surface area contributed by atoms with Crippen molar-refractivity contribution in [2.75, 3.05) is 17.2 Å². The van der Waals surface area contributed by atoms with E-state index in [0.29, 0.717) is 18.1 Å². The SMILES string of the molecule is CCCCOc1ccc(NC(=O)Nc2cc(C)[nH]n2)cc1. The second kappa shape index (κ2) is 7.33. The molecule has 0 aliphatic heterocycles. The number of unbranched alkanes of at least 4 members (excludes halogenated alkanes) is 1. The van der Waals surface area contributed by atoms with E-state index >= 15 is 0 Å². The highest BCUT2D eigenvalue weighted by molar-refractivity contribution is 5.99. The Bertz CT molecular complexity index is 578. The number of benzene rings is 1. The highest BCUT2D eigenvalue weighted by Crippen LogP contribution is 2.16. The lowest BCUT2D eigenvalue weighted by molar-refractivity contribution is 0.262. The molecule has 2 amide bonds. The van der Waals surface area contributed by atoms with Crippen LogP contribution in [-0.4, -0.2) is 22.8 Å². The first-order valence-corrected chi connectivity index (χ1v) is 7.00. The fourth-order valence-corrected chi connectivity index (χ4v) is 1.73. The zero-order valence-corrected chi connectivity index (χ0v) is 12.3. The minimum absolute atomic E-state index is 0.332. The van der Waals surface area contributed by atoms with Gasteiger partial charge in [-0.25, -0.2) is 4.79 Å². The number of amides is 2. The first-order valence-electron chi connectivity index (χ1n) is 7.00. The Balaban J connectivity index is 1.83. The standard InChI is InChI=1S/C15H20N4O2/c1-3-4-9-21-13-7-5-12(6-8-13)16-15(20)17-14-10-11(2)18-19-14/h5-8,10H,3-4,9H2,1-2H3,(H3,16,17,18,19,20). The van der Waals surface area contributed by atoms with Gasteiger partial charge in [0.25, 0.3) is 0 Å². The first-order chi connectivity index (χ1) is 10.2. The number of hydrogen-bond donors (Lipinski definition) is 3. The second-order valence-electron chi connectivity index (χ2n) is 4.74. The molecule has 2 aromatic rings. The Kier molecular flexibility index (Phi) is 5.20. The summed E-state index contributed by atoms with van der Waals surface area (Å²) in [4.78, 5) is 11.8. The van der Waals surface area contributed by atoms with Crippen LogP contribution in [0.1, 0.15) is 25.5 Å². The van der Waals surface area contributed by atoms with Crippen LogP contribution in [0.3, 0.4) is 0 Å². The van der Waals surface area contributed by atoms with E-state index in [-0.39, 0.29) is 6.03 Å². The molecule has 0 fully saturated rings. The molecular formula is C15H20N4O2. The Labute approximate surface area is 123 Å². The van der Waals surface area contributed by atoms with E-state index in [1.54, 1.807) is 18.2 Å². The van der Waals surface area contributed by atoms with Crippen LogP contribution >= 0.6 is 0 Å². The maximum atomic E-state index is 11.8. The Morgan fingerprint density at radius 3 is 2.67 bits per heavy atom. The summed E-state index contributed by atoms with van der Waals surface area (Å²) in [7, 11) is 0. The summed E-state index contributed by atoms with van der Waals surface area (Å²) in [6.45, 7) is 4.70. The van der Waals surface area contributed by atoms with Gasteiger partial charge in [0.15, 0.2) is 5.82 Å². The number of rotatable bonds is 6. The van der Waals surface area contributed by atoms with Crippen LogP contribution in [0.4, 0.5) is 16.3 Å². The highest BCUT2D eigenvalue weighted by Gasteiger charge is 2.05. The quantitative estimate of drug-likeness (QED) is 0.711. The van der Waals surface area contributed by atoms with Crippen molar-refractivity contribution < 1.29 is 9.53 Å². The van der Waals surface area contributed by atoms with Gasteiger partial charge in [0.1, 0.15) is 5.75 Å². The lowest BCUT2D eigenvalue weighted by atomic mass is 10.3. The van der Waals surface area contributed by atoms with E-state index in [4.69, 9.17) is 4.74 Å². The summed E-state index contributed by atoms with van der Waals surface area (Å²) in [5, 5.41) is 12.1. The third kappa shape index (κ3) is 4.83. The van der Waals surface area contributed by atoms with E-state index in [1.807, 2.05) is 19.1 Å². The van der Waals surface area contributed by atoms with Crippen molar-refractivity contribution in [1.82, 2.24) is 10.2 Å². The number of anilines is 2. The van der Waals surface area contributed by atoms with E-state index < -0.39 is 0 Å². The number of carbonyl (C=O) groups is 1. The molecule has 6 heteroatoms. The fourth-order valence-electron chi connectivity index (χ4n) is 1.73. The van der Waals surface area contributed by atoms with Crippen molar-refractivity contribution in [3.8, 4) is 5.75 Å². The number of ether oxygens (including phenoxy) is 1. The fraction of sp³-hybridized carbons (Fsp3) is 0.333. The van der Waals surface area contributed by atoms with Gasteiger partial charge in [-0.3, -0.25) is 10.4 Å². The number of aromatic nitrogens is 2. The molecule has 0 unspecified atom stereocenters. The highest BCUT2D eigenvalue weighted by atomic mass is 16.5.